The Balaban J connectivity index is 1.97. The summed E-state index contributed by atoms with van der Waals surface area (Å²) in [4.78, 5) is 37.8. The van der Waals surface area contributed by atoms with Crippen molar-refractivity contribution < 1.29 is 19.4 Å². The van der Waals surface area contributed by atoms with E-state index in [1.807, 2.05) is 6.07 Å². The van der Waals surface area contributed by atoms with Crippen LogP contribution < -0.4 is 10.6 Å². The van der Waals surface area contributed by atoms with Crippen molar-refractivity contribution >= 4 is 64.2 Å². The van der Waals surface area contributed by atoms with Gasteiger partial charge in [0, 0.05) is 17.6 Å². The number of pyridine rings is 1. The number of carbonyl (C=O) groups is 2. The van der Waals surface area contributed by atoms with Crippen LogP contribution >= 0.6 is 34.8 Å². The van der Waals surface area contributed by atoms with E-state index in [1.54, 1.807) is 13.8 Å². The fourth-order valence-corrected chi connectivity index (χ4v) is 4.39. The molecule has 0 spiro atoms. The number of aromatic nitrogens is 1. The Morgan fingerprint density at radius 3 is 2.43 bits per heavy atom. The fourth-order valence-electron chi connectivity index (χ4n) is 3.41. The molecule has 190 valence electrons. The molecule has 1 N–H and O–H groups in total. The molecule has 0 fully saturated rings. The van der Waals surface area contributed by atoms with Crippen LogP contribution in [0.4, 0.5) is 5.69 Å². The van der Waals surface area contributed by atoms with Crippen LogP contribution in [-0.2, 0) is 21.4 Å². The Bertz CT molecular complexity index is 1510. The Labute approximate surface area is 226 Å². The van der Waals surface area contributed by atoms with Gasteiger partial charge in [-0.1, -0.05) is 53.0 Å². The highest BCUT2D eigenvalue weighted by Gasteiger charge is 2.37. The SMILES string of the molecule is CCOC(=O)C1=NN(c2c(Cl)cc(Cl)cc2Cl)C(=O)\C1=C/C=C/C=C/c1c(C)c(C#N)c(=O)n(C)c1O. The van der Waals surface area contributed by atoms with Crippen molar-refractivity contribution in [2.45, 2.75) is 13.8 Å². The molecule has 0 saturated heterocycles. The van der Waals surface area contributed by atoms with E-state index in [0.717, 1.165) is 9.58 Å². The van der Waals surface area contributed by atoms with E-state index in [4.69, 9.17) is 39.5 Å². The second kappa shape index (κ2) is 11.5. The predicted octanol–water partition coefficient (Wildman–Crippen LogP) is 4.69. The Morgan fingerprint density at radius 1 is 1.19 bits per heavy atom. The van der Waals surface area contributed by atoms with Crippen LogP contribution in [0.25, 0.3) is 6.08 Å². The zero-order chi connectivity index (χ0) is 27.4. The van der Waals surface area contributed by atoms with E-state index in [-0.39, 0.29) is 55.7 Å². The summed E-state index contributed by atoms with van der Waals surface area (Å²) in [7, 11) is 1.35. The number of ether oxygens (including phenoxy) is 1. The monoisotopic (exact) mass is 560 g/mol. The van der Waals surface area contributed by atoms with E-state index < -0.39 is 17.4 Å². The Morgan fingerprint density at radius 2 is 1.84 bits per heavy atom. The molecule has 2 heterocycles. The molecule has 1 aromatic carbocycles. The van der Waals surface area contributed by atoms with Crippen LogP contribution in [0, 0.1) is 18.3 Å². The number of hydrazone groups is 1. The van der Waals surface area contributed by atoms with Crippen LogP contribution in [0.5, 0.6) is 5.88 Å². The lowest BCUT2D eigenvalue weighted by Gasteiger charge is -2.15. The minimum atomic E-state index is -0.815. The quantitative estimate of drug-likeness (QED) is 0.310. The predicted molar refractivity (Wildman–Crippen MR) is 142 cm³/mol. The van der Waals surface area contributed by atoms with Crippen molar-refractivity contribution in [1.82, 2.24) is 4.57 Å². The second-order valence-electron chi connectivity index (χ2n) is 7.54. The van der Waals surface area contributed by atoms with E-state index in [9.17, 15) is 24.8 Å². The van der Waals surface area contributed by atoms with Crippen molar-refractivity contribution in [1.29, 1.82) is 5.26 Å². The molecular formula is C25H19Cl3N4O5. The van der Waals surface area contributed by atoms with Crippen LogP contribution in [0.3, 0.4) is 0 Å². The summed E-state index contributed by atoms with van der Waals surface area (Å²) in [5.74, 6) is -1.79. The number of allylic oxidation sites excluding steroid dienone is 4. The highest BCUT2D eigenvalue weighted by molar-refractivity contribution is 6.54. The standard InChI is InChI=1S/C25H19Cl3N4O5/c1-4-37-25(36)20-16(24(35)32(30-20)21-18(27)10-14(26)11-19(21)28)9-7-5-6-8-15-13(2)17(12-29)23(34)31(3)22(15)33/h5-11,33H,4H2,1-3H3/b7-5+,8-6+,16-9-. The number of esters is 1. The zero-order valence-electron chi connectivity index (χ0n) is 19.8. The number of hydrogen-bond donors (Lipinski definition) is 1. The third-order valence-electron chi connectivity index (χ3n) is 5.26. The van der Waals surface area contributed by atoms with Gasteiger partial charge in [-0.25, -0.2) is 4.79 Å². The van der Waals surface area contributed by atoms with E-state index >= 15 is 0 Å². The Hall–Kier alpha value is -3.84. The molecule has 0 radical (unpaired) electrons. The van der Waals surface area contributed by atoms with Gasteiger partial charge in [0.25, 0.3) is 11.5 Å². The lowest BCUT2D eigenvalue weighted by Crippen LogP contribution is -2.23. The first-order valence-electron chi connectivity index (χ1n) is 10.7. The first kappa shape index (κ1) is 27.7. The smallest absolute Gasteiger partial charge is 0.359 e. The molecule has 9 nitrogen and oxygen atoms in total. The first-order valence-corrected chi connectivity index (χ1v) is 11.8. The molecule has 12 heteroatoms. The summed E-state index contributed by atoms with van der Waals surface area (Å²) >= 11 is 18.4. The molecule has 1 aromatic heterocycles. The molecule has 1 aliphatic heterocycles. The first-order chi connectivity index (χ1) is 17.5. The number of carbonyl (C=O) groups excluding carboxylic acids is 2. The van der Waals surface area contributed by atoms with Gasteiger partial charge in [-0.3, -0.25) is 14.2 Å². The maximum atomic E-state index is 13.2. The van der Waals surface area contributed by atoms with Crippen LogP contribution in [0.1, 0.15) is 23.6 Å². The van der Waals surface area contributed by atoms with Gasteiger partial charge in [0.05, 0.1) is 22.2 Å². The maximum absolute atomic E-state index is 13.2. The van der Waals surface area contributed by atoms with Gasteiger partial charge in [-0.15, -0.1) is 0 Å². The molecule has 0 saturated carbocycles. The van der Waals surface area contributed by atoms with Crippen molar-refractivity contribution in [3.05, 3.63) is 84.1 Å². The third kappa shape index (κ3) is 5.47. The lowest BCUT2D eigenvalue weighted by atomic mass is 10.0. The van der Waals surface area contributed by atoms with Gasteiger partial charge in [0.1, 0.15) is 17.3 Å². The topological polar surface area (TPSA) is 125 Å². The van der Waals surface area contributed by atoms with E-state index in [0.29, 0.717) is 5.56 Å². The molecule has 1 amide bonds. The van der Waals surface area contributed by atoms with Gasteiger partial charge >= 0.3 is 5.97 Å². The summed E-state index contributed by atoms with van der Waals surface area (Å²) in [6, 6.07) is 4.61. The van der Waals surface area contributed by atoms with Crippen molar-refractivity contribution in [2.24, 2.45) is 12.1 Å². The van der Waals surface area contributed by atoms with Gasteiger partial charge in [0.2, 0.25) is 5.88 Å². The number of rotatable bonds is 6. The number of halogens is 3. The van der Waals surface area contributed by atoms with Crippen molar-refractivity contribution in [2.75, 3.05) is 11.6 Å². The second-order valence-corrected chi connectivity index (χ2v) is 8.79. The molecule has 0 aliphatic carbocycles. The normalized spacial score (nSPS) is 14.6. The number of nitriles is 1. The highest BCUT2D eigenvalue weighted by Crippen LogP contribution is 2.39. The summed E-state index contributed by atoms with van der Waals surface area (Å²) in [5.41, 5.74) is -0.351. The average molecular weight is 562 g/mol. The fraction of sp³-hybridized carbons (Fsp3) is 0.160. The summed E-state index contributed by atoms with van der Waals surface area (Å²) in [6.07, 6.45) is 7.36. The Kier molecular flexibility index (Phi) is 8.61. The molecule has 37 heavy (non-hydrogen) atoms. The van der Waals surface area contributed by atoms with E-state index in [2.05, 4.69) is 5.10 Å². The maximum Gasteiger partial charge on any atom is 0.359 e. The summed E-state index contributed by atoms with van der Waals surface area (Å²) in [6.45, 7) is 3.22. The van der Waals surface area contributed by atoms with E-state index in [1.165, 1.54) is 49.6 Å². The van der Waals surface area contributed by atoms with Gasteiger partial charge in [-0.05, 0) is 43.7 Å². The lowest BCUT2D eigenvalue weighted by molar-refractivity contribution is -0.135. The van der Waals surface area contributed by atoms with Gasteiger partial charge < -0.3 is 9.84 Å². The molecular weight excluding hydrogens is 543 g/mol. The zero-order valence-corrected chi connectivity index (χ0v) is 22.0. The van der Waals surface area contributed by atoms with Crippen LogP contribution in [0.15, 0.2) is 51.9 Å². The molecule has 3 rings (SSSR count). The minimum Gasteiger partial charge on any atom is -0.494 e. The number of hydrogen-bond acceptors (Lipinski definition) is 7. The van der Waals surface area contributed by atoms with Crippen LogP contribution in [-0.4, -0.2) is 33.9 Å². The van der Waals surface area contributed by atoms with Crippen molar-refractivity contribution in [3.8, 4) is 11.9 Å². The highest BCUT2D eigenvalue weighted by atomic mass is 35.5. The number of nitrogens with zero attached hydrogens (tertiary/aromatic N) is 4. The number of aromatic hydroxyl groups is 1. The summed E-state index contributed by atoms with van der Waals surface area (Å²) in [5, 5.41) is 24.9. The van der Waals surface area contributed by atoms with Crippen molar-refractivity contribution in [3.63, 3.8) is 0 Å². The van der Waals surface area contributed by atoms with Gasteiger partial charge in [-0.2, -0.15) is 15.4 Å². The molecule has 0 bridgehead atoms. The third-order valence-corrected chi connectivity index (χ3v) is 6.05. The summed E-state index contributed by atoms with van der Waals surface area (Å²) < 4.78 is 6.00. The molecule has 2 aromatic rings. The van der Waals surface area contributed by atoms with Gasteiger partial charge in [0.15, 0.2) is 5.71 Å². The number of anilines is 1. The minimum absolute atomic E-state index is 0.0562. The molecule has 0 unspecified atom stereocenters. The number of amides is 1. The largest absolute Gasteiger partial charge is 0.494 e. The average Bonchev–Trinajstić information content (AvgIpc) is 3.15. The molecule has 1 aliphatic rings. The molecule has 0 atom stereocenters. The number of benzene rings is 1. The van der Waals surface area contributed by atoms with Crippen LogP contribution in [0.2, 0.25) is 15.1 Å².